The van der Waals surface area contributed by atoms with E-state index < -0.39 is 17.6 Å². The van der Waals surface area contributed by atoms with E-state index in [0.29, 0.717) is 17.8 Å². The van der Waals surface area contributed by atoms with E-state index in [1.165, 1.54) is 6.07 Å². The molecule has 1 aliphatic rings. The number of amidine groups is 1. The summed E-state index contributed by atoms with van der Waals surface area (Å²) in [4.78, 5) is 19.7. The molecule has 5 rings (SSSR count). The number of alkyl halides is 3. The summed E-state index contributed by atoms with van der Waals surface area (Å²) in [5.41, 5.74) is 3.38. The number of hydrogen-bond acceptors (Lipinski definition) is 5. The number of amides is 1. The van der Waals surface area contributed by atoms with Crippen molar-refractivity contribution in [1.82, 2.24) is 29.7 Å². The maximum absolute atomic E-state index is 13.7. The van der Waals surface area contributed by atoms with Crippen LogP contribution in [0.5, 0.6) is 0 Å². The summed E-state index contributed by atoms with van der Waals surface area (Å²) in [6.07, 6.45) is 0.461. The van der Waals surface area contributed by atoms with Crippen LogP contribution in [-0.2, 0) is 13.2 Å². The molecule has 9 nitrogen and oxygen atoms in total. The molecule has 208 valence electrons. The summed E-state index contributed by atoms with van der Waals surface area (Å²) in [7, 11) is 1.84. The first-order valence-corrected chi connectivity index (χ1v) is 12.9. The number of hydrogen-bond donors (Lipinski definition) is 1. The second-order valence-electron chi connectivity index (χ2n) is 9.75. The van der Waals surface area contributed by atoms with Crippen LogP contribution in [0.1, 0.15) is 46.9 Å². The van der Waals surface area contributed by atoms with E-state index in [9.17, 15) is 18.0 Å². The van der Waals surface area contributed by atoms with Crippen molar-refractivity contribution in [1.29, 1.82) is 0 Å². The number of halogens is 3. The van der Waals surface area contributed by atoms with E-state index in [-0.39, 0.29) is 16.9 Å². The Morgan fingerprint density at radius 2 is 1.95 bits per heavy atom. The van der Waals surface area contributed by atoms with Crippen LogP contribution in [0.3, 0.4) is 0 Å². The highest BCUT2D eigenvalue weighted by atomic mass is 19.4. The normalized spacial score (nSPS) is 14.8. The van der Waals surface area contributed by atoms with Gasteiger partial charge < -0.3 is 10.2 Å². The molecule has 2 aromatic carbocycles. The third kappa shape index (κ3) is 5.47. The summed E-state index contributed by atoms with van der Waals surface area (Å²) < 4.78 is 44.4. The second kappa shape index (κ2) is 10.6. The number of benzene rings is 2. The monoisotopic (exact) mass is 550 g/mol. The van der Waals surface area contributed by atoms with Crippen molar-refractivity contribution >= 4 is 23.1 Å². The van der Waals surface area contributed by atoms with Gasteiger partial charge in [-0.05, 0) is 63.1 Å². The molecule has 1 aliphatic heterocycles. The maximum Gasteiger partial charge on any atom is 0.416 e. The second-order valence-corrected chi connectivity index (χ2v) is 9.75. The molecule has 0 atom stereocenters. The summed E-state index contributed by atoms with van der Waals surface area (Å²) in [5.74, 6) is 0.189. The van der Waals surface area contributed by atoms with Gasteiger partial charge in [0, 0.05) is 49.1 Å². The number of anilines is 1. The van der Waals surface area contributed by atoms with Crippen molar-refractivity contribution in [2.45, 2.75) is 39.8 Å². The minimum absolute atomic E-state index is 0.0115. The highest BCUT2D eigenvalue weighted by Gasteiger charge is 2.32. The fourth-order valence-electron chi connectivity index (χ4n) is 4.70. The van der Waals surface area contributed by atoms with E-state index in [1.807, 2.05) is 32.7 Å². The first-order chi connectivity index (χ1) is 19.0. The fraction of sp³-hybridized carbons (Fsp3) is 0.321. The molecule has 0 unspecified atom stereocenters. The van der Waals surface area contributed by atoms with Crippen molar-refractivity contribution in [3.05, 3.63) is 71.2 Å². The molecule has 40 heavy (non-hydrogen) atoms. The van der Waals surface area contributed by atoms with Gasteiger partial charge in [-0.3, -0.25) is 9.48 Å². The smallest absolute Gasteiger partial charge is 0.360 e. The van der Waals surface area contributed by atoms with Gasteiger partial charge >= 0.3 is 6.18 Å². The number of likely N-dealkylation sites (tertiary alicyclic amines) is 1. The van der Waals surface area contributed by atoms with E-state index >= 15 is 0 Å². The van der Waals surface area contributed by atoms with Crippen molar-refractivity contribution < 1.29 is 18.0 Å². The number of nitrogens with zero attached hydrogens (tertiary/aromatic N) is 7. The topological polar surface area (TPSA) is 93.2 Å². The zero-order valence-electron chi connectivity index (χ0n) is 22.6. The van der Waals surface area contributed by atoms with Gasteiger partial charge in [-0.2, -0.15) is 18.3 Å². The Balaban J connectivity index is 1.44. The largest absolute Gasteiger partial charge is 0.416 e. The predicted octanol–water partition coefficient (Wildman–Crippen LogP) is 5.70. The molecular formula is C28H29F3N8O. The summed E-state index contributed by atoms with van der Waals surface area (Å²) in [6, 6.07) is 8.38. The quantitative estimate of drug-likeness (QED) is 0.332. The van der Waals surface area contributed by atoms with Crippen LogP contribution in [0.2, 0.25) is 0 Å². The summed E-state index contributed by atoms with van der Waals surface area (Å²) in [6.45, 7) is 7.33. The third-order valence-electron chi connectivity index (χ3n) is 7.06. The maximum atomic E-state index is 13.7. The lowest BCUT2D eigenvalue weighted by atomic mass is 10.1. The number of aryl methyl sites for hydroxylation is 2. The fourth-order valence-corrected chi connectivity index (χ4v) is 4.70. The van der Waals surface area contributed by atoms with Gasteiger partial charge in [0.2, 0.25) is 0 Å². The third-order valence-corrected chi connectivity index (χ3v) is 7.06. The van der Waals surface area contributed by atoms with Gasteiger partial charge in [-0.1, -0.05) is 11.3 Å². The first kappa shape index (κ1) is 27.1. The van der Waals surface area contributed by atoms with Crippen LogP contribution in [0.15, 0.2) is 53.8 Å². The van der Waals surface area contributed by atoms with Gasteiger partial charge in [-0.25, -0.2) is 9.67 Å². The van der Waals surface area contributed by atoms with Crippen molar-refractivity contribution in [2.75, 3.05) is 18.4 Å². The Morgan fingerprint density at radius 3 is 2.65 bits per heavy atom. The molecule has 4 aromatic rings. The van der Waals surface area contributed by atoms with Crippen LogP contribution in [0.4, 0.5) is 24.5 Å². The van der Waals surface area contributed by atoms with Gasteiger partial charge in [-0.15, -0.1) is 5.10 Å². The number of aromatic nitrogens is 5. The Morgan fingerprint density at radius 1 is 1.15 bits per heavy atom. The van der Waals surface area contributed by atoms with Gasteiger partial charge in [0.1, 0.15) is 11.5 Å². The van der Waals surface area contributed by atoms with E-state index in [2.05, 4.69) is 25.7 Å². The Bertz CT molecular complexity index is 1600. The van der Waals surface area contributed by atoms with Crippen molar-refractivity contribution in [3.8, 4) is 16.9 Å². The molecule has 0 spiro atoms. The molecule has 3 heterocycles. The van der Waals surface area contributed by atoms with Gasteiger partial charge in [0.15, 0.2) is 0 Å². The zero-order chi connectivity index (χ0) is 28.6. The molecular weight excluding hydrogens is 521 g/mol. The van der Waals surface area contributed by atoms with E-state index in [4.69, 9.17) is 0 Å². The van der Waals surface area contributed by atoms with Crippen LogP contribution in [0, 0.1) is 13.8 Å². The molecule has 1 saturated heterocycles. The molecule has 1 fully saturated rings. The number of nitrogens with one attached hydrogen (secondary N) is 1. The lowest BCUT2D eigenvalue weighted by Crippen LogP contribution is -2.24. The Labute approximate surface area is 229 Å². The molecule has 1 amide bonds. The average molecular weight is 551 g/mol. The lowest BCUT2D eigenvalue weighted by Gasteiger charge is -2.17. The highest BCUT2D eigenvalue weighted by molar-refractivity contribution is 6.05. The summed E-state index contributed by atoms with van der Waals surface area (Å²) in [5, 5.41) is 15.3. The predicted molar refractivity (Wildman–Crippen MR) is 146 cm³/mol. The highest BCUT2D eigenvalue weighted by Crippen LogP contribution is 2.35. The van der Waals surface area contributed by atoms with Crippen LogP contribution < -0.4 is 5.32 Å². The van der Waals surface area contributed by atoms with E-state index in [1.54, 1.807) is 40.0 Å². The Hall–Kier alpha value is -4.48. The van der Waals surface area contributed by atoms with Crippen LogP contribution in [0.25, 0.3) is 16.9 Å². The standard InChI is InChI=1S/C28H29F3N8O/c1-5-38-10-6-7-26(38)33-21-12-20(28(29,30)31)13-22(14-21)34-27(40)19-9-8-17(2)25(11-19)39-16-24(35-36-39)23-15-32-37(4)18(23)3/h8-9,11-16H,5-7,10H2,1-4H3,(H,34,40). The lowest BCUT2D eigenvalue weighted by molar-refractivity contribution is -0.137. The number of aliphatic imine (C=N–C) groups is 1. The minimum Gasteiger partial charge on any atom is -0.360 e. The Kier molecular flexibility index (Phi) is 7.17. The first-order valence-electron chi connectivity index (χ1n) is 12.9. The van der Waals surface area contributed by atoms with Crippen LogP contribution in [-0.4, -0.2) is 54.5 Å². The summed E-state index contributed by atoms with van der Waals surface area (Å²) >= 11 is 0. The molecule has 0 saturated carbocycles. The van der Waals surface area contributed by atoms with Gasteiger partial charge in [0.05, 0.1) is 29.3 Å². The molecule has 2 aromatic heterocycles. The van der Waals surface area contributed by atoms with Gasteiger partial charge in [0.25, 0.3) is 5.91 Å². The van der Waals surface area contributed by atoms with E-state index in [0.717, 1.165) is 54.3 Å². The molecule has 0 aliphatic carbocycles. The molecule has 0 radical (unpaired) electrons. The van der Waals surface area contributed by atoms with Crippen LogP contribution >= 0.6 is 0 Å². The van der Waals surface area contributed by atoms with Crippen molar-refractivity contribution in [3.63, 3.8) is 0 Å². The molecule has 12 heteroatoms. The number of rotatable bonds is 6. The van der Waals surface area contributed by atoms with Crippen molar-refractivity contribution in [2.24, 2.45) is 12.0 Å². The minimum atomic E-state index is -4.59. The molecule has 0 bridgehead atoms. The number of carbonyl (C=O) groups is 1. The number of carbonyl (C=O) groups excluding carboxylic acids is 1. The molecule has 1 N–H and O–H groups in total. The average Bonchev–Trinajstić information content (AvgIpc) is 3.64. The SMILES string of the molecule is CCN1CCCC1=Nc1cc(NC(=O)c2ccc(C)c(-n3cc(-c4cnn(C)c4C)nn3)c2)cc(C(F)(F)F)c1. The zero-order valence-corrected chi connectivity index (χ0v) is 22.6.